The lowest BCUT2D eigenvalue weighted by Gasteiger charge is -2.35. The molecule has 0 saturated carbocycles. The molecule has 2 saturated heterocycles. The van der Waals surface area contributed by atoms with E-state index in [4.69, 9.17) is 18.9 Å². The summed E-state index contributed by atoms with van der Waals surface area (Å²) in [5.74, 6) is -3.97. The Morgan fingerprint density at radius 3 is 2.30 bits per heavy atom. The minimum atomic E-state index is -1.38. The zero-order valence-electron chi connectivity index (χ0n) is 31.9. The van der Waals surface area contributed by atoms with Gasteiger partial charge >= 0.3 is 18.0 Å². The van der Waals surface area contributed by atoms with Crippen LogP contribution in [0.4, 0.5) is 9.18 Å². The Hall–Kier alpha value is -6.00. The lowest BCUT2D eigenvalue weighted by Crippen LogP contribution is -2.56. The van der Waals surface area contributed by atoms with Crippen molar-refractivity contribution >= 4 is 35.8 Å². The Bertz CT molecular complexity index is 1890. The van der Waals surface area contributed by atoms with Crippen LogP contribution in [0.5, 0.6) is 5.88 Å². The van der Waals surface area contributed by atoms with Gasteiger partial charge < -0.3 is 39.0 Å². The number of nitrogens with one attached hydrogen (secondary N) is 1. The summed E-state index contributed by atoms with van der Waals surface area (Å²) >= 11 is 0. The van der Waals surface area contributed by atoms with Crippen LogP contribution >= 0.6 is 0 Å². The molecule has 0 spiro atoms. The molecular weight excluding hydrogens is 731 g/mol. The first-order chi connectivity index (χ1) is 26.7. The molecule has 2 unspecified atom stereocenters. The van der Waals surface area contributed by atoms with Crippen LogP contribution in [0.15, 0.2) is 60.7 Å². The predicted molar refractivity (Wildman–Crippen MR) is 197 cm³/mol. The highest BCUT2D eigenvalue weighted by Gasteiger charge is 2.37. The number of rotatable bonds is 13. The molecule has 3 aromatic rings. The van der Waals surface area contributed by atoms with Crippen LogP contribution in [0.2, 0.25) is 0 Å². The lowest BCUT2D eigenvalue weighted by molar-refractivity contribution is -0.157. The molecule has 4 amide bonds. The van der Waals surface area contributed by atoms with Gasteiger partial charge in [0.05, 0.1) is 18.7 Å². The number of hydrogen-bond acceptors (Lipinski definition) is 11. The molecule has 1 N–H and O–H groups in total. The van der Waals surface area contributed by atoms with E-state index in [9.17, 15) is 33.2 Å². The number of carbonyl (C=O) groups excluding carboxylic acids is 6. The predicted octanol–water partition coefficient (Wildman–Crippen LogP) is 3.26. The normalized spacial score (nSPS) is 16.2. The number of piperazine rings is 1. The molecule has 3 heterocycles. The fourth-order valence-electron chi connectivity index (χ4n) is 6.25. The first-order valence-corrected chi connectivity index (χ1v) is 18.4. The molecule has 17 heteroatoms. The Morgan fingerprint density at radius 1 is 0.911 bits per heavy atom. The average molecular weight is 779 g/mol. The van der Waals surface area contributed by atoms with Crippen molar-refractivity contribution in [2.24, 2.45) is 0 Å². The number of likely N-dealkylation sites (tertiary alicyclic amines) is 1. The largest absolute Gasteiger partial charge is 0.467 e. The molecular formula is C39H47FN6O10. The molecule has 0 radical (unpaired) electrons. The minimum Gasteiger partial charge on any atom is -0.467 e. The van der Waals surface area contributed by atoms with Gasteiger partial charge in [0.15, 0.2) is 12.3 Å². The standard InChI is InChI=1S/C39H47FN6O10/c1-5-53-38(52)44-19-17-43(18-20-44)36(50)30(23-34(48)56-39(2,3)4)41-35(49)29-22-33(46(42-29)28-14-9-13-27(40)21-28)54-25-32(47)45-16-10-15-31(45)37(51)55-24-26-11-7-6-8-12-26/h6-9,11-14,21-22,30-31H,5,10,15-20,23-25H2,1-4H3,(H,41,49). The van der Waals surface area contributed by atoms with E-state index in [0.717, 1.165) is 16.3 Å². The van der Waals surface area contributed by atoms with E-state index in [1.807, 2.05) is 30.3 Å². The molecule has 2 aromatic carbocycles. The van der Waals surface area contributed by atoms with Crippen molar-refractivity contribution in [2.45, 2.75) is 71.2 Å². The maximum Gasteiger partial charge on any atom is 0.409 e. The van der Waals surface area contributed by atoms with Gasteiger partial charge in [-0.1, -0.05) is 36.4 Å². The van der Waals surface area contributed by atoms with Crippen molar-refractivity contribution in [3.63, 3.8) is 0 Å². The maximum absolute atomic E-state index is 14.4. The van der Waals surface area contributed by atoms with Crippen molar-refractivity contribution < 1.29 is 52.1 Å². The monoisotopic (exact) mass is 778 g/mol. The topological polar surface area (TPSA) is 179 Å². The minimum absolute atomic E-state index is 0.0582. The third kappa shape index (κ3) is 11.0. The number of ether oxygens (including phenoxy) is 4. The lowest BCUT2D eigenvalue weighted by atomic mass is 10.1. The molecule has 0 bridgehead atoms. The highest BCUT2D eigenvalue weighted by molar-refractivity contribution is 5.98. The number of amides is 4. The third-order valence-electron chi connectivity index (χ3n) is 8.89. The van der Waals surface area contributed by atoms with Gasteiger partial charge in [-0.05, 0) is 64.3 Å². The molecule has 1 aromatic heterocycles. The second kappa shape index (κ2) is 18.6. The van der Waals surface area contributed by atoms with E-state index in [2.05, 4.69) is 10.4 Å². The van der Waals surface area contributed by atoms with Gasteiger partial charge in [-0.15, -0.1) is 0 Å². The Labute approximate surface area is 323 Å². The van der Waals surface area contributed by atoms with E-state index in [0.29, 0.717) is 19.4 Å². The molecule has 2 aliphatic heterocycles. The van der Waals surface area contributed by atoms with Crippen LogP contribution in [0.3, 0.4) is 0 Å². The van der Waals surface area contributed by atoms with Crippen LogP contribution in [-0.4, -0.2) is 124 Å². The Kier molecular flexibility index (Phi) is 13.6. The maximum atomic E-state index is 14.4. The smallest absolute Gasteiger partial charge is 0.409 e. The molecule has 56 heavy (non-hydrogen) atoms. The van der Waals surface area contributed by atoms with Gasteiger partial charge in [0, 0.05) is 38.8 Å². The van der Waals surface area contributed by atoms with Gasteiger partial charge in [-0.25, -0.2) is 18.7 Å². The van der Waals surface area contributed by atoms with Crippen LogP contribution in [0.1, 0.15) is 63.0 Å². The summed E-state index contributed by atoms with van der Waals surface area (Å²) in [6.45, 7) is 7.32. The molecule has 16 nitrogen and oxygen atoms in total. The van der Waals surface area contributed by atoms with E-state index >= 15 is 0 Å². The number of aromatic nitrogens is 2. The second-order valence-corrected chi connectivity index (χ2v) is 14.2. The highest BCUT2D eigenvalue weighted by atomic mass is 19.1. The summed E-state index contributed by atoms with van der Waals surface area (Å²) in [6, 6.07) is 13.5. The van der Waals surface area contributed by atoms with E-state index in [-0.39, 0.29) is 56.7 Å². The fourth-order valence-corrected chi connectivity index (χ4v) is 6.25. The fraction of sp³-hybridized carbons (Fsp3) is 0.462. The summed E-state index contributed by atoms with van der Waals surface area (Å²) in [6.07, 6.45) is -0.0250. The van der Waals surface area contributed by atoms with Gasteiger partial charge in [0.1, 0.15) is 30.1 Å². The number of benzene rings is 2. The SMILES string of the molecule is CCOC(=O)N1CCN(C(=O)C(CC(=O)OC(C)(C)C)NC(=O)c2cc(OCC(=O)N3CCCC3C(=O)OCc3ccccc3)n(-c3cccc(F)c3)n2)CC1. The molecule has 300 valence electrons. The first kappa shape index (κ1) is 41.2. The van der Waals surface area contributed by atoms with Crippen molar-refractivity contribution in [1.82, 2.24) is 29.8 Å². The van der Waals surface area contributed by atoms with E-state index < -0.39 is 72.3 Å². The third-order valence-corrected chi connectivity index (χ3v) is 8.89. The van der Waals surface area contributed by atoms with Gasteiger partial charge in [0.25, 0.3) is 11.8 Å². The van der Waals surface area contributed by atoms with Crippen LogP contribution in [-0.2, 0) is 40.0 Å². The molecule has 2 aliphatic rings. The molecule has 0 aliphatic carbocycles. The summed E-state index contributed by atoms with van der Waals surface area (Å²) in [5.41, 5.74) is -0.171. The first-order valence-electron chi connectivity index (χ1n) is 18.4. The summed E-state index contributed by atoms with van der Waals surface area (Å²) in [7, 11) is 0. The van der Waals surface area contributed by atoms with Crippen LogP contribution in [0, 0.1) is 5.82 Å². The number of carbonyl (C=O) groups is 6. The quantitative estimate of drug-likeness (QED) is 0.199. The molecule has 2 atom stereocenters. The Morgan fingerprint density at radius 2 is 1.62 bits per heavy atom. The highest BCUT2D eigenvalue weighted by Crippen LogP contribution is 2.23. The average Bonchev–Trinajstić information content (AvgIpc) is 3.84. The van der Waals surface area contributed by atoms with Crippen LogP contribution < -0.4 is 10.1 Å². The van der Waals surface area contributed by atoms with Gasteiger partial charge in [-0.2, -0.15) is 5.10 Å². The molecule has 2 fully saturated rings. The van der Waals surface area contributed by atoms with Crippen molar-refractivity contribution in [3.8, 4) is 11.6 Å². The summed E-state index contributed by atoms with van der Waals surface area (Å²) in [5, 5.41) is 6.91. The van der Waals surface area contributed by atoms with E-state index in [1.165, 1.54) is 39.0 Å². The van der Waals surface area contributed by atoms with Crippen LogP contribution in [0.25, 0.3) is 5.69 Å². The number of hydrogen-bond donors (Lipinski definition) is 1. The zero-order chi connectivity index (χ0) is 40.4. The van der Waals surface area contributed by atoms with E-state index in [1.54, 1.807) is 27.7 Å². The number of esters is 2. The van der Waals surface area contributed by atoms with Gasteiger partial charge in [0.2, 0.25) is 11.8 Å². The number of nitrogens with zero attached hydrogens (tertiary/aromatic N) is 5. The molecule has 5 rings (SSSR count). The Balaban J connectivity index is 1.31. The second-order valence-electron chi connectivity index (χ2n) is 14.2. The zero-order valence-corrected chi connectivity index (χ0v) is 31.9. The number of halogens is 1. The van der Waals surface area contributed by atoms with Crippen molar-refractivity contribution in [1.29, 1.82) is 0 Å². The van der Waals surface area contributed by atoms with Gasteiger partial charge in [-0.3, -0.25) is 19.2 Å². The summed E-state index contributed by atoms with van der Waals surface area (Å²) in [4.78, 5) is 83.4. The van der Waals surface area contributed by atoms with Crippen molar-refractivity contribution in [2.75, 3.05) is 45.9 Å². The summed E-state index contributed by atoms with van der Waals surface area (Å²) < 4.78 is 37.3. The van der Waals surface area contributed by atoms with Crippen molar-refractivity contribution in [3.05, 3.63) is 77.7 Å².